The highest BCUT2D eigenvalue weighted by atomic mass is 19.4. The second-order valence-electron chi connectivity index (χ2n) is 3.83. The van der Waals surface area contributed by atoms with Gasteiger partial charge in [-0.15, -0.1) is 0 Å². The van der Waals surface area contributed by atoms with Gasteiger partial charge in [0.2, 0.25) is 0 Å². The highest BCUT2D eigenvalue weighted by molar-refractivity contribution is 5.79. The SMILES string of the molecule is NN=Cc1ccc(Oc2ccc(C(F)(F)F)nc2)cc1. The van der Waals surface area contributed by atoms with Crippen molar-refractivity contribution in [1.82, 2.24) is 4.98 Å². The second-order valence-corrected chi connectivity index (χ2v) is 3.83. The summed E-state index contributed by atoms with van der Waals surface area (Å²) in [7, 11) is 0. The van der Waals surface area contributed by atoms with Crippen molar-refractivity contribution in [2.75, 3.05) is 0 Å². The molecule has 20 heavy (non-hydrogen) atoms. The number of halogens is 3. The Morgan fingerprint density at radius 3 is 2.20 bits per heavy atom. The summed E-state index contributed by atoms with van der Waals surface area (Å²) >= 11 is 0. The molecular weight excluding hydrogens is 271 g/mol. The Balaban J connectivity index is 2.10. The third kappa shape index (κ3) is 3.47. The van der Waals surface area contributed by atoms with Crippen LogP contribution in [0.5, 0.6) is 11.5 Å². The van der Waals surface area contributed by atoms with Gasteiger partial charge in [0.25, 0.3) is 0 Å². The lowest BCUT2D eigenvalue weighted by Gasteiger charge is -2.08. The average molecular weight is 281 g/mol. The third-order valence-electron chi connectivity index (χ3n) is 2.37. The van der Waals surface area contributed by atoms with Gasteiger partial charge in [0.05, 0.1) is 12.4 Å². The lowest BCUT2D eigenvalue weighted by molar-refractivity contribution is -0.141. The number of nitrogens with two attached hydrogens (primary N) is 1. The maximum atomic E-state index is 12.3. The molecule has 2 aromatic rings. The van der Waals surface area contributed by atoms with Crippen LogP contribution in [0.1, 0.15) is 11.3 Å². The van der Waals surface area contributed by atoms with Crippen LogP contribution in [-0.2, 0) is 6.18 Å². The van der Waals surface area contributed by atoms with Crippen molar-refractivity contribution in [3.8, 4) is 11.5 Å². The Morgan fingerprint density at radius 1 is 1.05 bits per heavy atom. The van der Waals surface area contributed by atoms with E-state index in [1.807, 2.05) is 0 Å². The van der Waals surface area contributed by atoms with Gasteiger partial charge in [0.15, 0.2) is 0 Å². The molecule has 1 aromatic carbocycles. The van der Waals surface area contributed by atoms with E-state index in [4.69, 9.17) is 10.6 Å². The fourth-order valence-electron chi connectivity index (χ4n) is 1.45. The average Bonchev–Trinajstić information content (AvgIpc) is 2.41. The summed E-state index contributed by atoms with van der Waals surface area (Å²) in [5.74, 6) is 5.70. The molecule has 7 heteroatoms. The molecule has 1 heterocycles. The number of ether oxygens (including phenoxy) is 1. The van der Waals surface area contributed by atoms with Crippen LogP contribution in [0.4, 0.5) is 13.2 Å². The largest absolute Gasteiger partial charge is 0.456 e. The molecule has 0 radical (unpaired) electrons. The Bertz CT molecular complexity index is 592. The van der Waals surface area contributed by atoms with Gasteiger partial charge in [-0.3, -0.25) is 0 Å². The first-order valence-corrected chi connectivity index (χ1v) is 5.53. The molecule has 2 N–H and O–H groups in total. The van der Waals surface area contributed by atoms with Crippen molar-refractivity contribution in [2.45, 2.75) is 6.18 Å². The van der Waals surface area contributed by atoms with Gasteiger partial charge in [-0.05, 0) is 42.0 Å². The lowest BCUT2D eigenvalue weighted by Crippen LogP contribution is -2.07. The van der Waals surface area contributed by atoms with Crippen LogP contribution in [0, 0.1) is 0 Å². The van der Waals surface area contributed by atoms with Crippen molar-refractivity contribution in [3.05, 3.63) is 53.9 Å². The van der Waals surface area contributed by atoms with Gasteiger partial charge >= 0.3 is 6.18 Å². The number of hydrogen-bond acceptors (Lipinski definition) is 4. The predicted octanol–water partition coefficient (Wildman–Crippen LogP) is 3.19. The van der Waals surface area contributed by atoms with Gasteiger partial charge in [-0.2, -0.15) is 18.3 Å². The monoisotopic (exact) mass is 281 g/mol. The molecule has 0 spiro atoms. The molecule has 0 aliphatic rings. The predicted molar refractivity (Wildman–Crippen MR) is 67.5 cm³/mol. The van der Waals surface area contributed by atoms with Crippen molar-refractivity contribution in [3.63, 3.8) is 0 Å². The van der Waals surface area contributed by atoms with E-state index in [1.54, 1.807) is 24.3 Å². The highest BCUT2D eigenvalue weighted by Gasteiger charge is 2.32. The van der Waals surface area contributed by atoms with E-state index < -0.39 is 11.9 Å². The van der Waals surface area contributed by atoms with Crippen molar-refractivity contribution in [1.29, 1.82) is 0 Å². The Morgan fingerprint density at radius 2 is 1.70 bits per heavy atom. The van der Waals surface area contributed by atoms with E-state index in [1.165, 1.54) is 12.3 Å². The first-order chi connectivity index (χ1) is 9.49. The van der Waals surface area contributed by atoms with Crippen LogP contribution in [0.25, 0.3) is 0 Å². The summed E-state index contributed by atoms with van der Waals surface area (Å²) < 4.78 is 42.4. The van der Waals surface area contributed by atoms with E-state index >= 15 is 0 Å². The van der Waals surface area contributed by atoms with Gasteiger partial charge in [0.1, 0.15) is 17.2 Å². The van der Waals surface area contributed by atoms with Crippen molar-refractivity contribution >= 4 is 6.21 Å². The minimum Gasteiger partial charge on any atom is -0.456 e. The second kappa shape index (κ2) is 5.60. The zero-order valence-electron chi connectivity index (χ0n) is 10.1. The fourth-order valence-corrected chi connectivity index (χ4v) is 1.45. The van der Waals surface area contributed by atoms with Crippen LogP contribution >= 0.6 is 0 Å². The van der Waals surface area contributed by atoms with Crippen LogP contribution in [-0.4, -0.2) is 11.2 Å². The minimum absolute atomic E-state index is 0.221. The summed E-state index contributed by atoms with van der Waals surface area (Å²) in [6, 6.07) is 8.80. The highest BCUT2D eigenvalue weighted by Crippen LogP contribution is 2.29. The lowest BCUT2D eigenvalue weighted by atomic mass is 10.2. The molecule has 0 amide bonds. The number of rotatable bonds is 3. The molecule has 1 aromatic heterocycles. The number of pyridine rings is 1. The van der Waals surface area contributed by atoms with E-state index in [0.717, 1.165) is 17.8 Å². The summed E-state index contributed by atoms with van der Waals surface area (Å²) in [6.45, 7) is 0. The summed E-state index contributed by atoms with van der Waals surface area (Å²) in [6.07, 6.45) is -1.97. The molecule has 0 aliphatic heterocycles. The van der Waals surface area contributed by atoms with Gasteiger partial charge in [0, 0.05) is 0 Å². The minimum atomic E-state index is -4.46. The number of hydrogen-bond donors (Lipinski definition) is 1. The van der Waals surface area contributed by atoms with Crippen LogP contribution in [0.2, 0.25) is 0 Å². The first-order valence-electron chi connectivity index (χ1n) is 5.53. The molecule has 4 nitrogen and oxygen atoms in total. The normalized spacial score (nSPS) is 11.8. The number of hydrazone groups is 1. The van der Waals surface area contributed by atoms with Crippen molar-refractivity contribution in [2.24, 2.45) is 10.9 Å². The number of alkyl halides is 3. The van der Waals surface area contributed by atoms with E-state index in [9.17, 15) is 13.2 Å². The molecular formula is C13H10F3N3O. The molecule has 0 fully saturated rings. The van der Waals surface area contributed by atoms with Gasteiger partial charge in [-0.1, -0.05) is 0 Å². The molecule has 0 saturated carbocycles. The van der Waals surface area contributed by atoms with Crippen LogP contribution in [0.3, 0.4) is 0 Å². The zero-order chi connectivity index (χ0) is 14.6. The van der Waals surface area contributed by atoms with E-state index in [2.05, 4.69) is 10.1 Å². The van der Waals surface area contributed by atoms with Crippen LogP contribution < -0.4 is 10.6 Å². The summed E-state index contributed by atoms with van der Waals surface area (Å²) in [5, 5.41) is 3.37. The molecule has 0 atom stereocenters. The molecule has 104 valence electrons. The van der Waals surface area contributed by atoms with Crippen molar-refractivity contribution < 1.29 is 17.9 Å². The Hall–Kier alpha value is -2.57. The molecule has 0 aliphatic carbocycles. The zero-order valence-corrected chi connectivity index (χ0v) is 10.1. The Kier molecular flexibility index (Phi) is 3.88. The molecule has 0 saturated heterocycles. The molecule has 0 unspecified atom stereocenters. The summed E-state index contributed by atoms with van der Waals surface area (Å²) in [5.41, 5.74) is -0.176. The maximum absolute atomic E-state index is 12.3. The molecule has 2 rings (SSSR count). The Labute approximate surface area is 112 Å². The number of aromatic nitrogens is 1. The van der Waals surface area contributed by atoms with Gasteiger partial charge in [-0.25, -0.2) is 4.98 Å². The molecule has 0 bridgehead atoms. The third-order valence-corrected chi connectivity index (χ3v) is 2.37. The van der Waals surface area contributed by atoms with Gasteiger partial charge < -0.3 is 10.6 Å². The number of nitrogens with zero attached hydrogens (tertiary/aromatic N) is 2. The van der Waals surface area contributed by atoms with E-state index in [0.29, 0.717) is 5.75 Å². The maximum Gasteiger partial charge on any atom is 0.433 e. The smallest absolute Gasteiger partial charge is 0.433 e. The fraction of sp³-hybridized carbons (Fsp3) is 0.0769. The summed E-state index contributed by atoms with van der Waals surface area (Å²) in [4.78, 5) is 3.31. The number of benzene rings is 1. The van der Waals surface area contributed by atoms with Crippen LogP contribution in [0.15, 0.2) is 47.7 Å². The first kappa shape index (κ1) is 13.9. The standard InChI is InChI=1S/C13H10F3N3O/c14-13(15,16)12-6-5-11(8-18-12)20-10-3-1-9(2-4-10)7-19-17/h1-8H,17H2. The van der Waals surface area contributed by atoms with E-state index in [-0.39, 0.29) is 5.75 Å². The quantitative estimate of drug-likeness (QED) is 0.534. The topological polar surface area (TPSA) is 60.5 Å².